The second-order valence-electron chi connectivity index (χ2n) is 18.0. The van der Waals surface area contributed by atoms with E-state index in [1.807, 2.05) is 48.8 Å². The van der Waals surface area contributed by atoms with Crippen LogP contribution in [-0.4, -0.2) is 110 Å². The predicted molar refractivity (Wildman–Crippen MR) is 238 cm³/mol. The van der Waals surface area contributed by atoms with Crippen molar-refractivity contribution in [1.82, 2.24) is 35.6 Å². The number of hydrogen-bond acceptors (Lipinski definition) is 12. The van der Waals surface area contributed by atoms with E-state index in [2.05, 4.69) is 37.6 Å². The van der Waals surface area contributed by atoms with E-state index in [0.717, 1.165) is 64.4 Å². The van der Waals surface area contributed by atoms with E-state index in [4.69, 9.17) is 4.74 Å². The van der Waals surface area contributed by atoms with E-state index < -0.39 is 47.0 Å². The number of aliphatic hydroxyl groups excluding tert-OH is 1. The van der Waals surface area contributed by atoms with Crippen LogP contribution in [-0.2, 0) is 20.9 Å². The lowest BCUT2D eigenvalue weighted by molar-refractivity contribution is -0.145. The molecule has 0 bridgehead atoms. The summed E-state index contributed by atoms with van der Waals surface area (Å²) in [5.74, 6) is -0.570. The van der Waals surface area contributed by atoms with Crippen molar-refractivity contribution in [1.29, 1.82) is 0 Å². The fraction of sp³-hybridized carbons (Fsp3) is 0.478. The molecule has 0 unspecified atom stereocenters. The molecule has 5 aromatic rings. The van der Waals surface area contributed by atoms with Gasteiger partial charge in [0, 0.05) is 47.4 Å². The topological polar surface area (TPSA) is 170 Å². The van der Waals surface area contributed by atoms with Crippen LogP contribution in [0.25, 0.3) is 31.9 Å². The van der Waals surface area contributed by atoms with Gasteiger partial charge in [-0.15, -0.1) is 32.9 Å². The number of nitrogens with one attached hydrogen (secondary N) is 2. The van der Waals surface area contributed by atoms with Crippen LogP contribution < -0.4 is 15.4 Å². The monoisotopic (exact) mass is 883 g/mol. The molecular weight excluding hydrogens is 830 g/mol. The third-order valence-corrected chi connectivity index (χ3v) is 14.8. The molecule has 3 fully saturated rings. The van der Waals surface area contributed by atoms with Crippen molar-refractivity contribution < 1.29 is 33.7 Å². The average molecular weight is 884 g/mol. The standard InChI is InChI=1S/C46H54FN7O6S2/c1-26-33-22-34(32-8-6-7-9-36(32)56)51-52-42(33)62-38(26)28-12-16-53(17-13-28)18-19-60-37-20-29(39-27(2)49-25-61-39)10-11-30(37)23-48-41(57)35-21-31(55)24-54(35)43(58)40(45(3,4)5)50-44(59)46(47)14-15-46/h6-11,20,22,25,28,31,35,40,55-56H,12-19,21,23-24H2,1-5H3,(H,48,57)(H,50,59)/t31-,35+,40-/m1/s1. The number of phenols is 1. The van der Waals surface area contributed by atoms with Crippen LogP contribution in [0.3, 0.4) is 0 Å². The number of β-amino-alcohol motifs (C(OH)–C–C–N with tert-alkyl or cyclic N) is 1. The summed E-state index contributed by atoms with van der Waals surface area (Å²) in [6.07, 6.45) is 1.33. The van der Waals surface area contributed by atoms with Crippen molar-refractivity contribution in [3.05, 3.63) is 75.7 Å². The van der Waals surface area contributed by atoms with Gasteiger partial charge in [-0.05, 0) is 99.3 Å². The number of carbonyl (C=O) groups excluding carboxylic acids is 3. The van der Waals surface area contributed by atoms with Crippen LogP contribution in [0.5, 0.6) is 11.5 Å². The molecule has 2 saturated heterocycles. The Morgan fingerprint density at radius 3 is 2.52 bits per heavy atom. The van der Waals surface area contributed by atoms with Crippen LogP contribution in [0, 0.1) is 19.3 Å². The number of carbonyl (C=O) groups is 3. The second-order valence-corrected chi connectivity index (χ2v) is 19.8. The molecule has 2 aromatic carbocycles. The molecule has 16 heteroatoms. The van der Waals surface area contributed by atoms with Gasteiger partial charge in [-0.25, -0.2) is 9.37 Å². The van der Waals surface area contributed by atoms with Crippen molar-refractivity contribution >= 4 is 50.6 Å². The van der Waals surface area contributed by atoms with Crippen molar-refractivity contribution in [2.75, 3.05) is 32.8 Å². The maximum atomic E-state index is 14.6. The molecule has 1 saturated carbocycles. The Kier molecular flexibility index (Phi) is 12.4. The number of aromatic nitrogens is 3. The third kappa shape index (κ3) is 9.19. The first-order chi connectivity index (χ1) is 29.6. The number of thiophene rings is 1. The summed E-state index contributed by atoms with van der Waals surface area (Å²) in [7, 11) is 0. The second kappa shape index (κ2) is 17.6. The lowest BCUT2D eigenvalue weighted by atomic mass is 9.85. The number of thiazole rings is 1. The van der Waals surface area contributed by atoms with Crippen LogP contribution >= 0.6 is 22.7 Å². The highest BCUT2D eigenvalue weighted by Gasteiger charge is 2.53. The first-order valence-corrected chi connectivity index (χ1v) is 23.0. The number of hydrogen-bond donors (Lipinski definition) is 4. The zero-order valence-electron chi connectivity index (χ0n) is 35.7. The van der Waals surface area contributed by atoms with Crippen molar-refractivity contribution in [2.45, 2.75) is 103 Å². The van der Waals surface area contributed by atoms with Crippen molar-refractivity contribution in [3.8, 4) is 33.2 Å². The molecule has 3 amide bonds. The number of amides is 3. The highest BCUT2D eigenvalue weighted by molar-refractivity contribution is 7.19. The number of para-hydroxylation sites is 1. The summed E-state index contributed by atoms with van der Waals surface area (Å²) < 4.78 is 21.2. The molecule has 5 heterocycles. The molecule has 13 nitrogen and oxygen atoms in total. The summed E-state index contributed by atoms with van der Waals surface area (Å²) in [6.45, 7) is 12.5. The summed E-state index contributed by atoms with van der Waals surface area (Å²) in [6, 6.07) is 13.0. The molecule has 3 atom stereocenters. The van der Waals surface area contributed by atoms with Gasteiger partial charge >= 0.3 is 0 Å². The van der Waals surface area contributed by atoms with E-state index in [-0.39, 0.29) is 38.1 Å². The van der Waals surface area contributed by atoms with E-state index in [0.29, 0.717) is 29.5 Å². The lowest BCUT2D eigenvalue weighted by Crippen LogP contribution is -2.59. The number of piperidine rings is 1. The van der Waals surface area contributed by atoms with Gasteiger partial charge in [0.2, 0.25) is 11.8 Å². The number of aromatic hydroxyl groups is 1. The average Bonchev–Trinajstić information content (AvgIpc) is 3.50. The number of aryl methyl sites for hydroxylation is 2. The summed E-state index contributed by atoms with van der Waals surface area (Å²) >= 11 is 3.25. The number of benzene rings is 2. The van der Waals surface area contributed by atoms with Gasteiger partial charge in [-0.3, -0.25) is 19.3 Å². The van der Waals surface area contributed by atoms with E-state index in [1.165, 1.54) is 15.3 Å². The summed E-state index contributed by atoms with van der Waals surface area (Å²) in [5, 5.41) is 36.7. The molecule has 0 spiro atoms. The number of alkyl halides is 1. The molecule has 3 aliphatic rings. The lowest BCUT2D eigenvalue weighted by Gasteiger charge is -2.35. The van der Waals surface area contributed by atoms with Crippen LogP contribution in [0.4, 0.5) is 4.39 Å². The Hall–Kier alpha value is -5.03. The molecular formula is C46H54FN7O6S2. The van der Waals surface area contributed by atoms with E-state index in [9.17, 15) is 29.0 Å². The highest BCUT2D eigenvalue weighted by Crippen LogP contribution is 2.42. The van der Waals surface area contributed by atoms with E-state index >= 15 is 0 Å². The Bertz CT molecular complexity index is 2470. The number of ether oxygens (including phenoxy) is 1. The first kappa shape index (κ1) is 43.6. The molecule has 1 aliphatic carbocycles. The Morgan fingerprint density at radius 2 is 1.82 bits per heavy atom. The number of aliphatic hydroxyl groups is 1. The molecule has 3 aromatic heterocycles. The predicted octanol–water partition coefficient (Wildman–Crippen LogP) is 6.67. The number of likely N-dealkylation sites (tertiary alicyclic amines) is 2. The smallest absolute Gasteiger partial charge is 0.258 e. The van der Waals surface area contributed by atoms with Gasteiger partial charge in [-0.1, -0.05) is 45.0 Å². The Balaban J connectivity index is 0.906. The van der Waals surface area contributed by atoms with Crippen LogP contribution in [0.2, 0.25) is 0 Å². The maximum Gasteiger partial charge on any atom is 0.258 e. The number of phenolic OH excluding ortho intramolecular Hbond substituents is 1. The molecule has 8 rings (SSSR count). The summed E-state index contributed by atoms with van der Waals surface area (Å²) in [5.41, 5.74) is 4.24. The zero-order valence-corrected chi connectivity index (χ0v) is 37.4. The van der Waals surface area contributed by atoms with Crippen LogP contribution in [0.15, 0.2) is 54.0 Å². The number of rotatable bonds is 13. The van der Waals surface area contributed by atoms with Gasteiger partial charge in [0.15, 0.2) is 5.67 Å². The number of halogens is 1. The minimum atomic E-state index is -1.96. The van der Waals surface area contributed by atoms with Gasteiger partial charge in [0.05, 0.1) is 27.9 Å². The van der Waals surface area contributed by atoms with Crippen molar-refractivity contribution in [2.24, 2.45) is 5.41 Å². The number of fused-ring (bicyclic) bond motifs is 1. The molecule has 2 aliphatic heterocycles. The minimum Gasteiger partial charge on any atom is -0.507 e. The largest absolute Gasteiger partial charge is 0.507 e. The quantitative estimate of drug-likeness (QED) is 0.100. The van der Waals surface area contributed by atoms with Gasteiger partial charge in [-0.2, -0.15) is 0 Å². The normalized spacial score (nSPS) is 19.7. The fourth-order valence-corrected chi connectivity index (χ4v) is 10.6. The fourth-order valence-electron chi connectivity index (χ4n) is 8.53. The molecule has 0 radical (unpaired) electrons. The Morgan fingerprint density at radius 1 is 1.06 bits per heavy atom. The number of nitrogens with zero attached hydrogens (tertiary/aromatic N) is 5. The van der Waals surface area contributed by atoms with Gasteiger partial charge < -0.3 is 30.5 Å². The first-order valence-electron chi connectivity index (χ1n) is 21.3. The minimum absolute atomic E-state index is 0.0379. The Labute approximate surface area is 368 Å². The SMILES string of the molecule is Cc1ncsc1-c1ccc(CNC(=O)[C@@H]2C[C@@H](O)CN2C(=O)[C@@H](NC(=O)C2(F)CC2)C(C)(C)C)c(OCCN2CCC(c3sc4nnc(-c5ccccc5O)cc4c3C)CC2)c1. The van der Waals surface area contributed by atoms with Crippen LogP contribution in [0.1, 0.15) is 80.5 Å². The van der Waals surface area contributed by atoms with Gasteiger partial charge in [0.25, 0.3) is 5.91 Å². The maximum absolute atomic E-state index is 14.6. The molecule has 4 N–H and O–H groups in total. The van der Waals surface area contributed by atoms with E-state index in [1.54, 1.807) is 55.6 Å². The van der Waals surface area contributed by atoms with Crippen molar-refractivity contribution in [3.63, 3.8) is 0 Å². The zero-order chi connectivity index (χ0) is 43.9. The van der Waals surface area contributed by atoms with Gasteiger partial charge in [0.1, 0.15) is 35.0 Å². The highest BCUT2D eigenvalue weighted by atomic mass is 32.1. The summed E-state index contributed by atoms with van der Waals surface area (Å²) in [4.78, 5) is 51.9. The third-order valence-electron chi connectivity index (χ3n) is 12.4. The molecule has 328 valence electrons. The molecule has 62 heavy (non-hydrogen) atoms.